The molecule has 1 fully saturated rings. The van der Waals surface area contributed by atoms with E-state index >= 15 is 0 Å². The standard InChI is InChI=1S/C29H32NO4P/c1-20(2)34-27-15-13-26(14-16-27)30-28-17-12-24(18-25(28)19-29(30)35(31,32)33)23-10-8-22(9-11-23)21-6-4-3-5-7-21/h8-21H,3-7H2,1-2H3,(H2,31,32,33). The van der Waals surface area contributed by atoms with Gasteiger partial charge in [-0.2, -0.15) is 0 Å². The van der Waals surface area contributed by atoms with Gasteiger partial charge in [0.1, 0.15) is 11.2 Å². The van der Waals surface area contributed by atoms with Crippen molar-refractivity contribution in [1.82, 2.24) is 4.57 Å². The van der Waals surface area contributed by atoms with Crippen molar-refractivity contribution in [3.8, 4) is 22.6 Å². The predicted molar refractivity (Wildman–Crippen MR) is 142 cm³/mol. The summed E-state index contributed by atoms with van der Waals surface area (Å²) in [6.07, 6.45) is 6.57. The van der Waals surface area contributed by atoms with Crippen LogP contribution in [0.3, 0.4) is 0 Å². The first-order chi connectivity index (χ1) is 16.8. The number of hydrogen-bond donors (Lipinski definition) is 2. The van der Waals surface area contributed by atoms with Crippen molar-refractivity contribution < 1.29 is 19.1 Å². The molecule has 35 heavy (non-hydrogen) atoms. The van der Waals surface area contributed by atoms with E-state index in [1.165, 1.54) is 37.7 Å². The predicted octanol–water partition coefficient (Wildman–Crippen LogP) is 6.94. The highest BCUT2D eigenvalue weighted by Gasteiger charge is 2.25. The highest BCUT2D eigenvalue weighted by Crippen LogP contribution is 2.39. The maximum Gasteiger partial charge on any atom is 0.372 e. The minimum Gasteiger partial charge on any atom is -0.491 e. The van der Waals surface area contributed by atoms with Gasteiger partial charge >= 0.3 is 7.60 Å². The van der Waals surface area contributed by atoms with Gasteiger partial charge in [0, 0.05) is 11.1 Å². The van der Waals surface area contributed by atoms with Crippen LogP contribution in [-0.4, -0.2) is 20.5 Å². The summed E-state index contributed by atoms with van der Waals surface area (Å²) in [6, 6.07) is 23.7. The van der Waals surface area contributed by atoms with E-state index in [1.807, 2.05) is 56.3 Å². The number of hydrogen-bond acceptors (Lipinski definition) is 2. The lowest BCUT2D eigenvalue weighted by atomic mass is 9.84. The van der Waals surface area contributed by atoms with Gasteiger partial charge in [-0.15, -0.1) is 0 Å². The Morgan fingerprint density at radius 3 is 2.14 bits per heavy atom. The molecule has 0 aliphatic heterocycles. The molecule has 5 rings (SSSR count). The van der Waals surface area contributed by atoms with E-state index in [1.54, 1.807) is 10.6 Å². The Balaban J connectivity index is 1.52. The first-order valence-corrected chi connectivity index (χ1v) is 14.0. The molecule has 0 unspecified atom stereocenters. The van der Waals surface area contributed by atoms with Crippen LogP contribution in [0.5, 0.6) is 5.75 Å². The maximum atomic E-state index is 12.4. The molecule has 0 spiro atoms. The summed E-state index contributed by atoms with van der Waals surface area (Å²) >= 11 is 0. The lowest BCUT2D eigenvalue weighted by molar-refractivity contribution is 0.242. The minimum atomic E-state index is -4.51. The summed E-state index contributed by atoms with van der Waals surface area (Å²) in [6.45, 7) is 3.92. The first-order valence-electron chi connectivity index (χ1n) is 12.4. The molecule has 3 aromatic carbocycles. The average Bonchev–Trinajstić information content (AvgIpc) is 3.24. The number of nitrogens with zero attached hydrogens (tertiary/aromatic N) is 1. The SMILES string of the molecule is CC(C)Oc1ccc(-n2c(P(=O)(O)O)cc3cc(-c4ccc(C5CCCCC5)cc4)ccc32)cc1. The summed E-state index contributed by atoms with van der Waals surface area (Å²) in [7, 11) is -4.51. The quantitative estimate of drug-likeness (QED) is 0.288. The van der Waals surface area contributed by atoms with Crippen molar-refractivity contribution in [1.29, 1.82) is 0 Å². The Morgan fingerprint density at radius 1 is 0.857 bits per heavy atom. The Kier molecular flexibility index (Phi) is 6.59. The van der Waals surface area contributed by atoms with Gasteiger partial charge in [0.2, 0.25) is 0 Å². The van der Waals surface area contributed by atoms with Gasteiger partial charge in [-0.05, 0) is 91.8 Å². The molecule has 6 heteroatoms. The number of aromatic nitrogens is 1. The Morgan fingerprint density at radius 2 is 1.51 bits per heavy atom. The summed E-state index contributed by atoms with van der Waals surface area (Å²) in [4.78, 5) is 20.2. The second-order valence-electron chi connectivity index (χ2n) is 9.77. The molecule has 0 amide bonds. The van der Waals surface area contributed by atoms with Gasteiger partial charge in [-0.25, -0.2) is 0 Å². The molecular weight excluding hydrogens is 457 g/mol. The van der Waals surface area contributed by atoms with E-state index in [-0.39, 0.29) is 11.5 Å². The average molecular weight is 490 g/mol. The molecule has 0 saturated heterocycles. The summed E-state index contributed by atoms with van der Waals surface area (Å²) in [5, 5.41) is 0.791. The fourth-order valence-corrected chi connectivity index (χ4v) is 5.99. The molecule has 1 aromatic heterocycles. The zero-order valence-corrected chi connectivity index (χ0v) is 21.1. The Bertz CT molecular complexity index is 1360. The van der Waals surface area contributed by atoms with Crippen LogP contribution in [0.15, 0.2) is 72.8 Å². The van der Waals surface area contributed by atoms with Crippen LogP contribution >= 0.6 is 7.60 Å². The molecule has 1 heterocycles. The minimum absolute atomic E-state index is 0.0187. The highest BCUT2D eigenvalue weighted by molar-refractivity contribution is 7.60. The zero-order chi connectivity index (χ0) is 24.6. The molecular formula is C29H32NO4P. The van der Waals surface area contributed by atoms with Gasteiger partial charge in [0.05, 0.1) is 11.6 Å². The summed E-state index contributed by atoms with van der Waals surface area (Å²) < 4.78 is 19.8. The highest BCUT2D eigenvalue weighted by atomic mass is 31.2. The molecule has 2 N–H and O–H groups in total. The van der Waals surface area contributed by atoms with Gasteiger partial charge in [0.15, 0.2) is 0 Å². The largest absolute Gasteiger partial charge is 0.491 e. The summed E-state index contributed by atoms with van der Waals surface area (Å²) in [5.74, 6) is 1.38. The number of benzene rings is 3. The van der Waals surface area contributed by atoms with Gasteiger partial charge < -0.3 is 19.1 Å². The molecule has 0 bridgehead atoms. The molecule has 1 aliphatic rings. The van der Waals surface area contributed by atoms with E-state index in [0.717, 1.165) is 27.8 Å². The number of rotatable bonds is 6. The van der Waals surface area contributed by atoms with Crippen LogP contribution in [-0.2, 0) is 4.57 Å². The molecule has 0 atom stereocenters. The third kappa shape index (κ3) is 5.08. The zero-order valence-electron chi connectivity index (χ0n) is 20.2. The Labute approximate surface area is 206 Å². The molecule has 0 radical (unpaired) electrons. The van der Waals surface area contributed by atoms with Gasteiger partial charge in [-0.3, -0.25) is 4.57 Å². The summed E-state index contributed by atoms with van der Waals surface area (Å²) in [5.41, 5.74) is 4.96. The van der Waals surface area contributed by atoms with Crippen LogP contribution in [0.2, 0.25) is 0 Å². The van der Waals surface area contributed by atoms with Crippen molar-refractivity contribution in [3.05, 3.63) is 78.4 Å². The van der Waals surface area contributed by atoms with E-state index in [9.17, 15) is 14.4 Å². The third-order valence-corrected chi connectivity index (χ3v) is 7.79. The fourth-order valence-electron chi connectivity index (χ4n) is 5.20. The van der Waals surface area contributed by atoms with Crippen molar-refractivity contribution >= 4 is 23.9 Å². The molecule has 1 saturated carbocycles. The van der Waals surface area contributed by atoms with E-state index < -0.39 is 7.60 Å². The van der Waals surface area contributed by atoms with Crippen molar-refractivity contribution in [2.75, 3.05) is 0 Å². The van der Waals surface area contributed by atoms with Crippen molar-refractivity contribution in [2.45, 2.75) is 58.0 Å². The normalized spacial score (nSPS) is 15.1. The lowest BCUT2D eigenvalue weighted by Crippen LogP contribution is -2.15. The third-order valence-electron chi connectivity index (χ3n) is 6.87. The van der Waals surface area contributed by atoms with Crippen molar-refractivity contribution in [2.24, 2.45) is 0 Å². The molecule has 5 nitrogen and oxygen atoms in total. The monoisotopic (exact) mass is 489 g/mol. The second kappa shape index (κ2) is 9.66. The number of ether oxygens (including phenoxy) is 1. The van der Waals surface area contributed by atoms with E-state index in [0.29, 0.717) is 11.6 Å². The van der Waals surface area contributed by atoms with Crippen molar-refractivity contribution in [3.63, 3.8) is 0 Å². The molecule has 1 aliphatic carbocycles. The van der Waals surface area contributed by atoms with Gasteiger partial charge in [-0.1, -0.05) is 49.6 Å². The van der Waals surface area contributed by atoms with Crippen LogP contribution < -0.4 is 10.2 Å². The lowest BCUT2D eigenvalue weighted by Gasteiger charge is -2.22. The van der Waals surface area contributed by atoms with Gasteiger partial charge in [0.25, 0.3) is 0 Å². The second-order valence-corrected chi connectivity index (χ2v) is 11.3. The van der Waals surface area contributed by atoms with Crippen LogP contribution in [0, 0.1) is 0 Å². The van der Waals surface area contributed by atoms with E-state index in [4.69, 9.17) is 4.74 Å². The molecule has 182 valence electrons. The smallest absolute Gasteiger partial charge is 0.372 e. The fraction of sp³-hybridized carbons (Fsp3) is 0.310. The first kappa shape index (κ1) is 23.9. The van der Waals surface area contributed by atoms with Crippen LogP contribution in [0.4, 0.5) is 0 Å². The van der Waals surface area contributed by atoms with Crippen LogP contribution in [0.1, 0.15) is 57.4 Å². The maximum absolute atomic E-state index is 12.4. The molecule has 4 aromatic rings. The topological polar surface area (TPSA) is 71.7 Å². The van der Waals surface area contributed by atoms with E-state index in [2.05, 4.69) is 24.3 Å². The number of fused-ring (bicyclic) bond motifs is 1. The van der Waals surface area contributed by atoms with Crippen LogP contribution in [0.25, 0.3) is 27.7 Å². The Hall–Kier alpha value is -2.85.